The van der Waals surface area contributed by atoms with Crippen LogP contribution in [0, 0.1) is 0 Å². The van der Waals surface area contributed by atoms with Gasteiger partial charge in [-0.15, -0.1) is 0 Å². The number of aromatic nitrogens is 3. The van der Waals surface area contributed by atoms with Crippen LogP contribution >= 0.6 is 0 Å². The summed E-state index contributed by atoms with van der Waals surface area (Å²) in [6, 6.07) is 4.44. The molecule has 0 atom stereocenters. The lowest BCUT2D eigenvalue weighted by atomic mass is 10.3. The van der Waals surface area contributed by atoms with E-state index in [4.69, 9.17) is 19.3 Å². The minimum absolute atomic E-state index is 0.00427. The average molecular weight is 291 g/mol. The maximum atomic E-state index is 11.0. The van der Waals surface area contributed by atoms with Gasteiger partial charge in [-0.25, -0.2) is 9.78 Å². The standard InChI is InChI=1S/C13H13N3O5/c1-19-10-6-11(20-2)16-9(15-10)7-21-12-8(13(17)18)4-3-5-14-12/h3-6H,7H2,1-2H3,(H,17,18). The Labute approximate surface area is 120 Å². The fraction of sp³-hybridized carbons (Fsp3) is 0.231. The highest BCUT2D eigenvalue weighted by atomic mass is 16.5. The van der Waals surface area contributed by atoms with Gasteiger partial charge in [0.15, 0.2) is 5.82 Å². The molecule has 0 bridgehead atoms. The van der Waals surface area contributed by atoms with Crippen molar-refractivity contribution in [3.8, 4) is 17.6 Å². The number of rotatable bonds is 6. The summed E-state index contributed by atoms with van der Waals surface area (Å²) in [4.78, 5) is 23.1. The van der Waals surface area contributed by atoms with E-state index in [1.165, 1.54) is 38.6 Å². The summed E-state index contributed by atoms with van der Waals surface area (Å²) in [6.07, 6.45) is 1.44. The Morgan fingerprint density at radius 2 is 1.90 bits per heavy atom. The molecule has 0 aliphatic heterocycles. The predicted molar refractivity (Wildman–Crippen MR) is 70.7 cm³/mol. The number of pyridine rings is 1. The lowest BCUT2D eigenvalue weighted by molar-refractivity contribution is 0.0690. The van der Waals surface area contributed by atoms with Gasteiger partial charge in [0, 0.05) is 6.20 Å². The summed E-state index contributed by atoms with van der Waals surface area (Å²) < 4.78 is 15.4. The van der Waals surface area contributed by atoms with Gasteiger partial charge in [0.2, 0.25) is 17.6 Å². The number of hydrogen-bond donors (Lipinski definition) is 1. The summed E-state index contributed by atoms with van der Waals surface area (Å²) in [6.45, 7) is -0.0646. The van der Waals surface area contributed by atoms with Gasteiger partial charge in [0.25, 0.3) is 0 Å². The SMILES string of the molecule is COc1cc(OC)nc(COc2ncccc2C(=O)O)n1. The smallest absolute Gasteiger partial charge is 0.341 e. The van der Waals surface area contributed by atoms with E-state index >= 15 is 0 Å². The first-order valence-corrected chi connectivity index (χ1v) is 5.91. The molecule has 0 saturated carbocycles. The van der Waals surface area contributed by atoms with Crippen LogP contribution in [0.5, 0.6) is 17.6 Å². The molecule has 2 aromatic rings. The molecular weight excluding hydrogens is 278 g/mol. The number of carbonyl (C=O) groups is 1. The fourth-order valence-corrected chi connectivity index (χ4v) is 1.52. The molecule has 0 fully saturated rings. The highest BCUT2D eigenvalue weighted by Crippen LogP contribution is 2.18. The van der Waals surface area contributed by atoms with Crippen molar-refractivity contribution in [1.82, 2.24) is 15.0 Å². The second-order valence-corrected chi connectivity index (χ2v) is 3.82. The molecule has 0 radical (unpaired) electrons. The Kier molecular flexibility index (Phi) is 4.50. The molecule has 0 aliphatic rings. The molecule has 2 aromatic heterocycles. The van der Waals surface area contributed by atoms with Crippen LogP contribution in [0.3, 0.4) is 0 Å². The van der Waals surface area contributed by atoms with Gasteiger partial charge in [-0.2, -0.15) is 9.97 Å². The molecule has 8 heteroatoms. The maximum absolute atomic E-state index is 11.0. The Morgan fingerprint density at radius 1 is 1.24 bits per heavy atom. The van der Waals surface area contributed by atoms with Gasteiger partial charge in [-0.3, -0.25) is 0 Å². The van der Waals surface area contributed by atoms with Crippen molar-refractivity contribution in [1.29, 1.82) is 0 Å². The summed E-state index contributed by atoms with van der Waals surface area (Å²) in [5, 5.41) is 9.04. The van der Waals surface area contributed by atoms with Crippen LogP contribution in [0.4, 0.5) is 0 Å². The Bertz CT molecular complexity index is 625. The van der Waals surface area contributed by atoms with Gasteiger partial charge in [0.1, 0.15) is 12.2 Å². The predicted octanol–water partition coefficient (Wildman–Crippen LogP) is 1.17. The summed E-state index contributed by atoms with van der Waals surface area (Å²) in [7, 11) is 2.93. The largest absolute Gasteiger partial charge is 0.481 e. The van der Waals surface area contributed by atoms with Crippen molar-refractivity contribution >= 4 is 5.97 Å². The van der Waals surface area contributed by atoms with Crippen LogP contribution in [0.2, 0.25) is 0 Å². The molecule has 0 aromatic carbocycles. The van der Waals surface area contributed by atoms with Crippen LogP contribution in [0.15, 0.2) is 24.4 Å². The van der Waals surface area contributed by atoms with Crippen LogP contribution < -0.4 is 14.2 Å². The molecule has 8 nitrogen and oxygen atoms in total. The molecule has 0 spiro atoms. The van der Waals surface area contributed by atoms with Crippen LogP contribution in [-0.4, -0.2) is 40.2 Å². The second-order valence-electron chi connectivity index (χ2n) is 3.82. The molecule has 0 saturated heterocycles. The fourth-order valence-electron chi connectivity index (χ4n) is 1.52. The lowest BCUT2D eigenvalue weighted by Crippen LogP contribution is -2.08. The van der Waals surface area contributed by atoms with Crippen molar-refractivity contribution in [2.75, 3.05) is 14.2 Å². The zero-order chi connectivity index (χ0) is 15.2. The number of nitrogens with zero attached hydrogens (tertiary/aromatic N) is 3. The number of carboxylic acid groups (broad SMARTS) is 1. The van der Waals surface area contributed by atoms with Crippen molar-refractivity contribution in [3.05, 3.63) is 35.8 Å². The zero-order valence-electron chi connectivity index (χ0n) is 11.4. The van der Waals surface area contributed by atoms with E-state index < -0.39 is 5.97 Å². The Morgan fingerprint density at radius 3 is 2.48 bits per heavy atom. The van der Waals surface area contributed by atoms with Crippen molar-refractivity contribution in [2.24, 2.45) is 0 Å². The van der Waals surface area contributed by atoms with E-state index in [0.29, 0.717) is 11.8 Å². The summed E-state index contributed by atoms with van der Waals surface area (Å²) in [5.41, 5.74) is -0.0349. The summed E-state index contributed by atoms with van der Waals surface area (Å²) >= 11 is 0. The van der Waals surface area contributed by atoms with Gasteiger partial charge >= 0.3 is 5.97 Å². The topological polar surface area (TPSA) is 104 Å². The molecule has 2 rings (SSSR count). The lowest BCUT2D eigenvalue weighted by Gasteiger charge is -2.08. The van der Waals surface area contributed by atoms with Crippen LogP contribution in [0.25, 0.3) is 0 Å². The van der Waals surface area contributed by atoms with Crippen LogP contribution in [-0.2, 0) is 6.61 Å². The van der Waals surface area contributed by atoms with E-state index in [1.807, 2.05) is 0 Å². The monoisotopic (exact) mass is 291 g/mol. The molecule has 0 amide bonds. The molecular formula is C13H13N3O5. The molecule has 2 heterocycles. The van der Waals surface area contributed by atoms with Gasteiger partial charge in [-0.1, -0.05) is 0 Å². The van der Waals surface area contributed by atoms with Gasteiger partial charge < -0.3 is 19.3 Å². The first kappa shape index (κ1) is 14.5. The number of hydrogen-bond acceptors (Lipinski definition) is 7. The molecule has 110 valence electrons. The number of methoxy groups -OCH3 is 2. The van der Waals surface area contributed by atoms with Crippen LogP contribution in [0.1, 0.15) is 16.2 Å². The van der Waals surface area contributed by atoms with E-state index in [-0.39, 0.29) is 23.9 Å². The van der Waals surface area contributed by atoms with E-state index in [1.54, 1.807) is 0 Å². The third-order valence-electron chi connectivity index (χ3n) is 2.48. The zero-order valence-corrected chi connectivity index (χ0v) is 11.4. The molecule has 21 heavy (non-hydrogen) atoms. The minimum Gasteiger partial charge on any atom is -0.481 e. The van der Waals surface area contributed by atoms with Crippen molar-refractivity contribution < 1.29 is 24.1 Å². The maximum Gasteiger partial charge on any atom is 0.341 e. The quantitative estimate of drug-likeness (QED) is 0.845. The van der Waals surface area contributed by atoms with E-state index in [9.17, 15) is 4.79 Å². The third kappa shape index (κ3) is 3.56. The van der Waals surface area contributed by atoms with Gasteiger partial charge in [0.05, 0.1) is 20.3 Å². The number of aromatic carboxylic acids is 1. The minimum atomic E-state index is -1.12. The highest BCUT2D eigenvalue weighted by Gasteiger charge is 2.13. The molecule has 1 N–H and O–H groups in total. The van der Waals surface area contributed by atoms with E-state index in [2.05, 4.69) is 15.0 Å². The van der Waals surface area contributed by atoms with Crippen molar-refractivity contribution in [3.63, 3.8) is 0 Å². The third-order valence-corrected chi connectivity index (χ3v) is 2.48. The average Bonchev–Trinajstić information content (AvgIpc) is 2.52. The Hall–Kier alpha value is -2.90. The molecule has 0 aliphatic carbocycles. The van der Waals surface area contributed by atoms with Crippen molar-refractivity contribution in [2.45, 2.75) is 6.61 Å². The Balaban J connectivity index is 2.18. The highest BCUT2D eigenvalue weighted by molar-refractivity contribution is 5.90. The summed E-state index contributed by atoms with van der Waals surface area (Å²) in [5.74, 6) is -0.203. The van der Waals surface area contributed by atoms with Gasteiger partial charge in [-0.05, 0) is 12.1 Å². The number of ether oxygens (including phenoxy) is 3. The molecule has 0 unspecified atom stereocenters. The first-order chi connectivity index (χ1) is 10.1. The first-order valence-electron chi connectivity index (χ1n) is 5.91. The second kappa shape index (κ2) is 6.51. The number of carboxylic acids is 1. The normalized spacial score (nSPS) is 10.0. The van der Waals surface area contributed by atoms with E-state index in [0.717, 1.165) is 0 Å².